The maximum Gasteiger partial charge on any atom is 0.351 e. The highest BCUT2D eigenvalue weighted by Crippen LogP contribution is 2.28. The van der Waals surface area contributed by atoms with E-state index in [-0.39, 0.29) is 21.9 Å². The third-order valence-electron chi connectivity index (χ3n) is 3.94. The van der Waals surface area contributed by atoms with Crippen LogP contribution in [-0.2, 0) is 15.1 Å². The van der Waals surface area contributed by atoms with Gasteiger partial charge < -0.3 is 13.9 Å². The fourth-order valence-corrected chi connectivity index (χ4v) is 2.83. The van der Waals surface area contributed by atoms with Crippen LogP contribution >= 0.6 is 11.6 Å². The molecule has 28 heavy (non-hydrogen) atoms. The highest BCUT2D eigenvalue weighted by molar-refractivity contribution is 6.30. The summed E-state index contributed by atoms with van der Waals surface area (Å²) in [5.74, 6) is -1.23. The van der Waals surface area contributed by atoms with E-state index >= 15 is 0 Å². The van der Waals surface area contributed by atoms with Crippen LogP contribution in [0.3, 0.4) is 0 Å². The minimum Gasteiger partial charge on any atom is -0.455 e. The summed E-state index contributed by atoms with van der Waals surface area (Å²) < 4.78 is 15.7. The molecule has 0 saturated heterocycles. The maximum absolute atomic E-state index is 12.4. The molecule has 0 unspecified atom stereocenters. The SMILES string of the molecule is CC(=O)OC(C)(C)c1ccc2oc(=O)c(C(=O)Oc3cncc(Cl)c3)cc2c1. The first-order valence-corrected chi connectivity index (χ1v) is 8.64. The Bertz CT molecular complexity index is 1130. The average molecular weight is 402 g/mol. The molecule has 0 fully saturated rings. The van der Waals surface area contributed by atoms with Gasteiger partial charge in [-0.1, -0.05) is 17.7 Å². The van der Waals surface area contributed by atoms with Crippen LogP contribution in [0.2, 0.25) is 5.02 Å². The molecule has 0 atom stereocenters. The fourth-order valence-electron chi connectivity index (χ4n) is 2.67. The third kappa shape index (κ3) is 4.20. The van der Waals surface area contributed by atoms with Crippen molar-refractivity contribution in [2.45, 2.75) is 26.4 Å². The van der Waals surface area contributed by atoms with Crippen LogP contribution in [0.4, 0.5) is 0 Å². The van der Waals surface area contributed by atoms with Crippen molar-refractivity contribution in [1.82, 2.24) is 4.98 Å². The van der Waals surface area contributed by atoms with E-state index in [1.165, 1.54) is 31.5 Å². The number of hydrogen-bond donors (Lipinski definition) is 0. The standard InChI is InChI=1S/C20H16ClNO6/c1-11(23)28-20(2,3)13-4-5-17-12(6-13)7-16(19(25)27-17)18(24)26-15-8-14(21)9-22-10-15/h4-10H,1-3H3. The van der Waals surface area contributed by atoms with E-state index in [1.54, 1.807) is 32.0 Å². The lowest BCUT2D eigenvalue weighted by Gasteiger charge is -2.25. The quantitative estimate of drug-likeness (QED) is 0.483. The minimum atomic E-state index is -0.900. The Morgan fingerprint density at radius 3 is 2.57 bits per heavy atom. The molecule has 0 N–H and O–H groups in total. The molecule has 0 aliphatic carbocycles. The van der Waals surface area contributed by atoms with Gasteiger partial charge in [0.25, 0.3) is 0 Å². The van der Waals surface area contributed by atoms with E-state index in [4.69, 9.17) is 25.5 Å². The molecule has 0 spiro atoms. The average Bonchev–Trinajstić information content (AvgIpc) is 2.59. The third-order valence-corrected chi connectivity index (χ3v) is 4.14. The number of ether oxygens (including phenoxy) is 2. The van der Waals surface area contributed by atoms with Gasteiger partial charge in [-0.3, -0.25) is 9.78 Å². The van der Waals surface area contributed by atoms with Gasteiger partial charge >= 0.3 is 17.6 Å². The van der Waals surface area contributed by atoms with Crippen molar-refractivity contribution in [3.8, 4) is 5.75 Å². The predicted molar refractivity (Wildman–Crippen MR) is 101 cm³/mol. The number of fused-ring (bicyclic) bond motifs is 1. The van der Waals surface area contributed by atoms with Gasteiger partial charge in [-0.2, -0.15) is 0 Å². The van der Waals surface area contributed by atoms with Crippen molar-refractivity contribution >= 4 is 34.5 Å². The Labute approximate surface area is 164 Å². The number of aromatic nitrogens is 1. The molecular weight excluding hydrogens is 386 g/mol. The zero-order chi connectivity index (χ0) is 20.5. The molecule has 2 aromatic heterocycles. The van der Waals surface area contributed by atoms with Crippen LogP contribution in [0.15, 0.2) is 51.9 Å². The Kier molecular flexibility index (Phi) is 5.20. The Morgan fingerprint density at radius 2 is 1.89 bits per heavy atom. The molecule has 1 aromatic carbocycles. The van der Waals surface area contributed by atoms with Gasteiger partial charge in [-0.15, -0.1) is 0 Å². The van der Waals surface area contributed by atoms with Crippen molar-refractivity contribution < 1.29 is 23.5 Å². The van der Waals surface area contributed by atoms with Crippen LogP contribution in [0.1, 0.15) is 36.7 Å². The van der Waals surface area contributed by atoms with E-state index in [0.717, 1.165) is 0 Å². The molecular formula is C20H16ClNO6. The van der Waals surface area contributed by atoms with Crippen molar-refractivity contribution in [2.75, 3.05) is 0 Å². The molecule has 3 aromatic rings. The first-order chi connectivity index (χ1) is 13.2. The summed E-state index contributed by atoms with van der Waals surface area (Å²) in [5, 5.41) is 0.765. The topological polar surface area (TPSA) is 95.7 Å². The molecule has 7 nitrogen and oxygen atoms in total. The lowest BCUT2D eigenvalue weighted by atomic mass is 9.96. The van der Waals surface area contributed by atoms with E-state index in [0.29, 0.717) is 10.9 Å². The number of esters is 2. The van der Waals surface area contributed by atoms with Crippen molar-refractivity contribution in [3.63, 3.8) is 0 Å². The normalized spacial score (nSPS) is 11.3. The summed E-state index contributed by atoms with van der Waals surface area (Å²) in [4.78, 5) is 39.7. The van der Waals surface area contributed by atoms with Crippen LogP contribution in [0, 0.1) is 0 Å². The number of hydrogen-bond acceptors (Lipinski definition) is 7. The zero-order valence-electron chi connectivity index (χ0n) is 15.3. The predicted octanol–water partition coefficient (Wildman–Crippen LogP) is 3.86. The van der Waals surface area contributed by atoms with Crippen molar-refractivity contribution in [2.24, 2.45) is 0 Å². The second kappa shape index (κ2) is 7.44. The molecule has 0 saturated carbocycles. The number of benzene rings is 1. The van der Waals surface area contributed by atoms with Gasteiger partial charge in [0.2, 0.25) is 0 Å². The Hall–Kier alpha value is -3.19. The molecule has 3 rings (SSSR count). The number of nitrogens with zero attached hydrogens (tertiary/aromatic N) is 1. The van der Waals surface area contributed by atoms with Gasteiger partial charge in [-0.25, -0.2) is 9.59 Å². The highest BCUT2D eigenvalue weighted by atomic mass is 35.5. The first kappa shape index (κ1) is 19.6. The summed E-state index contributed by atoms with van der Waals surface area (Å²) in [6, 6.07) is 7.71. The lowest BCUT2D eigenvalue weighted by Crippen LogP contribution is -2.24. The molecule has 8 heteroatoms. The largest absolute Gasteiger partial charge is 0.455 e. The monoisotopic (exact) mass is 401 g/mol. The molecule has 0 bridgehead atoms. The summed E-state index contributed by atoms with van der Waals surface area (Å²) in [6.45, 7) is 4.78. The summed E-state index contributed by atoms with van der Waals surface area (Å²) in [7, 11) is 0. The van der Waals surface area contributed by atoms with Gasteiger partial charge in [0, 0.05) is 24.6 Å². The van der Waals surface area contributed by atoms with E-state index in [9.17, 15) is 14.4 Å². The molecule has 0 radical (unpaired) electrons. The van der Waals surface area contributed by atoms with E-state index < -0.39 is 23.2 Å². The minimum absolute atomic E-state index is 0.0988. The number of carbonyl (C=O) groups excluding carboxylic acids is 2. The smallest absolute Gasteiger partial charge is 0.351 e. The number of pyridine rings is 1. The number of rotatable bonds is 4. The van der Waals surface area contributed by atoms with Gasteiger partial charge in [0.1, 0.15) is 16.7 Å². The van der Waals surface area contributed by atoms with Gasteiger partial charge in [-0.05, 0) is 37.6 Å². The Morgan fingerprint density at radius 1 is 1.14 bits per heavy atom. The van der Waals surface area contributed by atoms with Crippen molar-refractivity contribution in [1.29, 1.82) is 0 Å². The molecule has 0 aliphatic heterocycles. The summed E-state index contributed by atoms with van der Waals surface area (Å²) >= 11 is 5.81. The van der Waals surface area contributed by atoms with E-state index in [1.807, 2.05) is 0 Å². The zero-order valence-corrected chi connectivity index (χ0v) is 16.1. The van der Waals surface area contributed by atoms with Crippen LogP contribution in [0.25, 0.3) is 11.0 Å². The molecule has 2 heterocycles. The van der Waals surface area contributed by atoms with Crippen LogP contribution < -0.4 is 10.4 Å². The maximum atomic E-state index is 12.4. The van der Waals surface area contributed by atoms with Crippen molar-refractivity contribution in [3.05, 3.63) is 69.3 Å². The van der Waals surface area contributed by atoms with Gasteiger partial charge in [0.05, 0.1) is 11.2 Å². The van der Waals surface area contributed by atoms with Gasteiger partial charge in [0.15, 0.2) is 5.75 Å². The first-order valence-electron chi connectivity index (χ1n) is 8.26. The second-order valence-corrected chi connectivity index (χ2v) is 6.97. The second-order valence-electron chi connectivity index (χ2n) is 6.53. The lowest BCUT2D eigenvalue weighted by molar-refractivity contribution is -0.154. The summed E-state index contributed by atoms with van der Waals surface area (Å²) in [6.07, 6.45) is 2.68. The number of halogens is 1. The van der Waals surface area contributed by atoms with Crippen LogP contribution in [-0.4, -0.2) is 16.9 Å². The highest BCUT2D eigenvalue weighted by Gasteiger charge is 2.25. The van der Waals surface area contributed by atoms with Crippen LogP contribution in [0.5, 0.6) is 5.75 Å². The molecule has 144 valence electrons. The Balaban J connectivity index is 1.99. The summed E-state index contributed by atoms with van der Waals surface area (Å²) in [5.41, 5.74) is -1.06. The van der Waals surface area contributed by atoms with E-state index in [2.05, 4.69) is 4.98 Å². The fraction of sp³-hybridized carbons (Fsp3) is 0.200. The molecule has 0 amide bonds. The number of carbonyl (C=O) groups is 2. The molecule has 0 aliphatic rings.